The maximum absolute atomic E-state index is 11.7. The van der Waals surface area contributed by atoms with E-state index in [0.29, 0.717) is 13.0 Å². The first-order valence-corrected chi connectivity index (χ1v) is 6.96. The Balaban J connectivity index is 2.57. The molecule has 2 amide bonds. The van der Waals surface area contributed by atoms with Gasteiger partial charge < -0.3 is 4.74 Å². The second-order valence-electron chi connectivity index (χ2n) is 5.91. The molecule has 0 radical (unpaired) electrons. The fourth-order valence-electron chi connectivity index (χ4n) is 2.11. The number of nitrogens with zero attached hydrogens (tertiary/aromatic N) is 1. The van der Waals surface area contributed by atoms with Crippen molar-refractivity contribution in [2.24, 2.45) is 0 Å². The summed E-state index contributed by atoms with van der Waals surface area (Å²) in [6.45, 7) is 10.6. The van der Waals surface area contributed by atoms with E-state index in [1.165, 1.54) is 17.1 Å². The zero-order valence-electron chi connectivity index (χ0n) is 12.7. The van der Waals surface area contributed by atoms with E-state index in [1.807, 2.05) is 13.8 Å². The summed E-state index contributed by atoms with van der Waals surface area (Å²) < 4.78 is 5.92. The van der Waals surface area contributed by atoms with Crippen molar-refractivity contribution in [1.29, 1.82) is 0 Å². The van der Waals surface area contributed by atoms with Gasteiger partial charge in [0, 0.05) is 24.3 Å². The zero-order valence-corrected chi connectivity index (χ0v) is 12.7. The molecule has 0 unspecified atom stereocenters. The molecule has 0 fully saturated rings. The van der Waals surface area contributed by atoms with Gasteiger partial charge in [-0.25, -0.2) is 0 Å². The maximum atomic E-state index is 11.7. The van der Waals surface area contributed by atoms with Crippen LogP contribution in [0.5, 0.6) is 0 Å². The van der Waals surface area contributed by atoms with E-state index >= 15 is 0 Å². The van der Waals surface area contributed by atoms with Crippen molar-refractivity contribution in [3.63, 3.8) is 0 Å². The Morgan fingerprint density at radius 1 is 1.05 bits per heavy atom. The summed E-state index contributed by atoms with van der Waals surface area (Å²) in [7, 11) is 0. The third-order valence-electron chi connectivity index (χ3n) is 4.07. The van der Waals surface area contributed by atoms with Crippen molar-refractivity contribution in [2.45, 2.75) is 65.0 Å². The van der Waals surface area contributed by atoms with Gasteiger partial charge in [-0.15, -0.1) is 0 Å². The fraction of sp³-hybridized carbons (Fsp3) is 0.733. The molecule has 0 aliphatic carbocycles. The van der Waals surface area contributed by atoms with Gasteiger partial charge in [0.15, 0.2) is 0 Å². The summed E-state index contributed by atoms with van der Waals surface area (Å²) in [6, 6.07) is 0. The van der Waals surface area contributed by atoms with Crippen LogP contribution in [0.25, 0.3) is 0 Å². The van der Waals surface area contributed by atoms with Crippen LogP contribution in [0.15, 0.2) is 12.2 Å². The van der Waals surface area contributed by atoms with E-state index in [0.717, 1.165) is 12.8 Å². The molecule has 1 aliphatic heterocycles. The van der Waals surface area contributed by atoms with Crippen molar-refractivity contribution >= 4 is 11.8 Å². The Morgan fingerprint density at radius 2 is 1.53 bits per heavy atom. The molecule has 0 saturated heterocycles. The predicted octanol–water partition coefficient (Wildman–Crippen LogP) is 2.68. The van der Waals surface area contributed by atoms with Crippen LogP contribution in [0.4, 0.5) is 0 Å². The average Bonchev–Trinajstić information content (AvgIpc) is 2.69. The molecule has 0 atom stereocenters. The Hall–Kier alpha value is -1.16. The third-order valence-corrected chi connectivity index (χ3v) is 4.07. The molecule has 0 aromatic rings. The van der Waals surface area contributed by atoms with E-state index in [4.69, 9.17) is 4.74 Å². The van der Waals surface area contributed by atoms with Crippen LogP contribution in [-0.4, -0.2) is 34.5 Å². The van der Waals surface area contributed by atoms with E-state index in [9.17, 15) is 9.59 Å². The third kappa shape index (κ3) is 3.66. The zero-order chi connectivity index (χ0) is 14.7. The molecular weight excluding hydrogens is 242 g/mol. The second-order valence-corrected chi connectivity index (χ2v) is 5.91. The first-order valence-electron chi connectivity index (χ1n) is 6.96. The SMILES string of the molecule is CCC(C)(CC)OCCC(C)(C)N1C(=O)C=CC1=O. The van der Waals surface area contributed by atoms with Crippen molar-refractivity contribution < 1.29 is 14.3 Å². The van der Waals surface area contributed by atoms with Crippen molar-refractivity contribution in [3.8, 4) is 0 Å². The Morgan fingerprint density at radius 3 is 1.95 bits per heavy atom. The number of hydrogen-bond acceptors (Lipinski definition) is 3. The Labute approximate surface area is 115 Å². The molecule has 19 heavy (non-hydrogen) atoms. The highest BCUT2D eigenvalue weighted by Gasteiger charge is 2.37. The van der Waals surface area contributed by atoms with Crippen LogP contribution < -0.4 is 0 Å². The van der Waals surface area contributed by atoms with Gasteiger partial charge in [0.2, 0.25) is 0 Å². The van der Waals surface area contributed by atoms with Gasteiger partial charge in [-0.3, -0.25) is 14.5 Å². The molecular formula is C15H25NO3. The van der Waals surface area contributed by atoms with Gasteiger partial charge in [-0.1, -0.05) is 13.8 Å². The minimum atomic E-state index is -0.514. The number of ether oxygens (including phenoxy) is 1. The minimum Gasteiger partial charge on any atom is -0.375 e. The molecule has 0 spiro atoms. The average molecular weight is 267 g/mol. The quantitative estimate of drug-likeness (QED) is 0.666. The summed E-state index contributed by atoms with van der Waals surface area (Å²) in [6.07, 6.45) is 5.20. The number of carbonyl (C=O) groups excluding carboxylic acids is 2. The van der Waals surface area contributed by atoms with Crippen molar-refractivity contribution in [2.75, 3.05) is 6.61 Å². The lowest BCUT2D eigenvalue weighted by Gasteiger charge is -2.35. The highest BCUT2D eigenvalue weighted by atomic mass is 16.5. The smallest absolute Gasteiger partial charge is 0.254 e. The van der Waals surface area contributed by atoms with Crippen LogP contribution in [0.2, 0.25) is 0 Å². The standard InChI is InChI=1S/C15H25NO3/c1-6-15(5,7-2)19-11-10-14(3,4)16-12(17)8-9-13(16)18/h8-9H,6-7,10-11H2,1-5H3. The van der Waals surface area contributed by atoms with Crippen molar-refractivity contribution in [1.82, 2.24) is 4.90 Å². The fourth-order valence-corrected chi connectivity index (χ4v) is 2.11. The predicted molar refractivity (Wildman–Crippen MR) is 74.6 cm³/mol. The van der Waals surface area contributed by atoms with Gasteiger partial charge in [-0.05, 0) is 40.0 Å². The van der Waals surface area contributed by atoms with Crippen LogP contribution in [-0.2, 0) is 14.3 Å². The van der Waals surface area contributed by atoms with Crippen LogP contribution >= 0.6 is 0 Å². The van der Waals surface area contributed by atoms with Gasteiger partial charge in [0.25, 0.3) is 11.8 Å². The first kappa shape index (κ1) is 15.9. The normalized spacial score (nSPS) is 16.6. The number of carbonyl (C=O) groups is 2. The summed E-state index contributed by atoms with van der Waals surface area (Å²) >= 11 is 0. The molecule has 1 heterocycles. The Bertz CT molecular complexity index is 363. The van der Waals surface area contributed by atoms with Gasteiger partial charge in [0.1, 0.15) is 0 Å². The van der Waals surface area contributed by atoms with Crippen LogP contribution in [0, 0.1) is 0 Å². The number of amides is 2. The first-order chi connectivity index (χ1) is 8.75. The van der Waals surface area contributed by atoms with Gasteiger partial charge in [-0.2, -0.15) is 0 Å². The number of imide groups is 1. The largest absolute Gasteiger partial charge is 0.375 e. The van der Waals surface area contributed by atoms with E-state index in [-0.39, 0.29) is 17.4 Å². The second kappa shape index (κ2) is 5.87. The highest BCUT2D eigenvalue weighted by Crippen LogP contribution is 2.25. The molecule has 0 aromatic heterocycles. The molecule has 0 N–H and O–H groups in total. The summed E-state index contributed by atoms with van der Waals surface area (Å²) in [5.41, 5.74) is -0.632. The molecule has 1 rings (SSSR count). The van der Waals surface area contributed by atoms with E-state index in [1.54, 1.807) is 0 Å². The Kier molecular flexibility index (Phi) is 4.91. The topological polar surface area (TPSA) is 46.6 Å². The molecule has 0 saturated carbocycles. The molecule has 108 valence electrons. The minimum absolute atomic E-state index is 0.118. The molecule has 1 aliphatic rings. The molecule has 0 bridgehead atoms. The molecule has 4 nitrogen and oxygen atoms in total. The van der Waals surface area contributed by atoms with Gasteiger partial charge in [0.05, 0.1) is 5.60 Å². The van der Waals surface area contributed by atoms with Crippen molar-refractivity contribution in [3.05, 3.63) is 12.2 Å². The van der Waals surface area contributed by atoms with Crippen LogP contribution in [0.3, 0.4) is 0 Å². The lowest BCUT2D eigenvalue weighted by atomic mass is 9.97. The van der Waals surface area contributed by atoms with Gasteiger partial charge >= 0.3 is 0 Å². The summed E-state index contributed by atoms with van der Waals surface area (Å²) in [4.78, 5) is 24.7. The highest BCUT2D eigenvalue weighted by molar-refractivity contribution is 6.13. The molecule has 4 heteroatoms. The van der Waals surface area contributed by atoms with E-state index < -0.39 is 5.54 Å². The summed E-state index contributed by atoms with van der Waals surface area (Å²) in [5, 5.41) is 0. The lowest BCUT2D eigenvalue weighted by Crippen LogP contribution is -2.48. The van der Waals surface area contributed by atoms with E-state index in [2.05, 4.69) is 20.8 Å². The monoisotopic (exact) mass is 267 g/mol. The number of rotatable bonds is 7. The number of hydrogen-bond donors (Lipinski definition) is 0. The summed E-state index contributed by atoms with van der Waals surface area (Å²) in [5.74, 6) is -0.465. The molecule has 0 aromatic carbocycles. The maximum Gasteiger partial charge on any atom is 0.254 e. The lowest BCUT2D eigenvalue weighted by molar-refractivity contribution is -0.144. The van der Waals surface area contributed by atoms with Crippen LogP contribution in [0.1, 0.15) is 53.9 Å².